The average molecular weight is 548 g/mol. The molecule has 0 aliphatic carbocycles. The molecule has 0 aliphatic rings. The number of amides is 2. The van der Waals surface area contributed by atoms with Crippen LogP contribution in [0.25, 0.3) is 0 Å². The number of nitrogens with one attached hydrogen (secondary N) is 1. The van der Waals surface area contributed by atoms with Crippen LogP contribution in [0.1, 0.15) is 30.9 Å². The van der Waals surface area contributed by atoms with Crippen LogP contribution in [0, 0.1) is 0 Å². The lowest BCUT2D eigenvalue weighted by molar-refractivity contribution is -0.142. The third-order valence-electron chi connectivity index (χ3n) is 5.67. The summed E-state index contributed by atoms with van der Waals surface area (Å²) in [6, 6.07) is 20.7. The van der Waals surface area contributed by atoms with Gasteiger partial charge in [-0.2, -0.15) is 0 Å². The summed E-state index contributed by atoms with van der Waals surface area (Å²) in [4.78, 5) is 28.5. The lowest BCUT2D eigenvalue weighted by Gasteiger charge is -2.32. The van der Waals surface area contributed by atoms with E-state index in [-0.39, 0.29) is 25.0 Å². The van der Waals surface area contributed by atoms with Gasteiger partial charge in [0.1, 0.15) is 11.8 Å². The number of rotatable bonds is 12. The first-order chi connectivity index (χ1) is 17.4. The molecule has 1 atom stereocenters. The maximum Gasteiger partial charge on any atom is 0.261 e. The summed E-state index contributed by atoms with van der Waals surface area (Å²) in [6.45, 7) is 2.37. The minimum absolute atomic E-state index is 0.0556. The van der Waals surface area contributed by atoms with E-state index in [1.807, 2.05) is 30.3 Å². The molecular weight excluding hydrogens is 519 g/mol. The third-order valence-corrected chi connectivity index (χ3v) is 6.63. The Morgan fingerprint density at radius 2 is 1.58 bits per heavy atom. The fourth-order valence-corrected chi connectivity index (χ4v) is 4.32. The van der Waals surface area contributed by atoms with E-state index in [0.29, 0.717) is 39.3 Å². The van der Waals surface area contributed by atoms with Crippen LogP contribution in [0.2, 0.25) is 15.1 Å². The molecule has 0 radical (unpaired) electrons. The van der Waals surface area contributed by atoms with Crippen molar-refractivity contribution in [3.05, 3.63) is 99.0 Å². The molecule has 8 heteroatoms. The minimum Gasteiger partial charge on any atom is -0.484 e. The van der Waals surface area contributed by atoms with Gasteiger partial charge in [0.2, 0.25) is 5.91 Å². The van der Waals surface area contributed by atoms with Crippen LogP contribution in [-0.4, -0.2) is 35.9 Å². The number of carbonyl (C=O) groups is 2. The van der Waals surface area contributed by atoms with Crippen LogP contribution in [-0.2, 0) is 22.6 Å². The van der Waals surface area contributed by atoms with Crippen molar-refractivity contribution >= 4 is 46.6 Å². The molecule has 0 aliphatic heterocycles. The molecule has 0 saturated heterocycles. The van der Waals surface area contributed by atoms with E-state index in [1.165, 1.54) is 4.90 Å². The van der Waals surface area contributed by atoms with Crippen LogP contribution < -0.4 is 10.1 Å². The summed E-state index contributed by atoms with van der Waals surface area (Å²) in [5, 5.41) is 4.39. The number of halogens is 3. The molecule has 0 bridgehead atoms. The van der Waals surface area contributed by atoms with E-state index in [4.69, 9.17) is 39.5 Å². The zero-order valence-corrected chi connectivity index (χ0v) is 22.3. The highest BCUT2D eigenvalue weighted by Crippen LogP contribution is 2.27. The Morgan fingerprint density at radius 3 is 2.22 bits per heavy atom. The van der Waals surface area contributed by atoms with Gasteiger partial charge < -0.3 is 15.0 Å². The normalized spacial score (nSPS) is 11.6. The number of hydrogen-bond acceptors (Lipinski definition) is 3. The van der Waals surface area contributed by atoms with Crippen molar-refractivity contribution in [3.63, 3.8) is 0 Å². The van der Waals surface area contributed by atoms with Crippen LogP contribution in [0.15, 0.2) is 72.8 Å². The molecule has 0 unspecified atom stereocenters. The molecule has 1 N–H and O–H groups in total. The standard InChI is InChI=1S/C28H29Cl3N2O3/c1-2-3-16-32-28(35)26(17-20-8-5-4-6-9-20)33(18-23-24(30)10-7-11-25(23)31)27(34)19-36-22-14-12-21(29)13-15-22/h4-15,26H,2-3,16-19H2,1H3,(H,32,35)/t26-/m0/s1. The van der Waals surface area contributed by atoms with E-state index in [9.17, 15) is 9.59 Å². The van der Waals surface area contributed by atoms with Crippen molar-refractivity contribution < 1.29 is 14.3 Å². The van der Waals surface area contributed by atoms with E-state index in [0.717, 1.165) is 18.4 Å². The molecule has 3 aromatic rings. The molecule has 36 heavy (non-hydrogen) atoms. The van der Waals surface area contributed by atoms with Crippen molar-refractivity contribution in [2.75, 3.05) is 13.2 Å². The van der Waals surface area contributed by atoms with Gasteiger partial charge in [0.25, 0.3) is 5.91 Å². The van der Waals surface area contributed by atoms with Gasteiger partial charge in [-0.25, -0.2) is 0 Å². The van der Waals surface area contributed by atoms with Crippen molar-refractivity contribution in [1.29, 1.82) is 0 Å². The van der Waals surface area contributed by atoms with Gasteiger partial charge in [0.05, 0.1) is 0 Å². The Kier molecular flexibility index (Phi) is 10.9. The summed E-state index contributed by atoms with van der Waals surface area (Å²) in [5.74, 6) is -0.113. The van der Waals surface area contributed by atoms with Crippen LogP contribution in [0.5, 0.6) is 5.75 Å². The molecular formula is C28H29Cl3N2O3. The Labute approximate surface area is 227 Å². The molecule has 2 amide bonds. The highest BCUT2D eigenvalue weighted by atomic mass is 35.5. The maximum absolute atomic E-state index is 13.6. The maximum atomic E-state index is 13.6. The molecule has 190 valence electrons. The smallest absolute Gasteiger partial charge is 0.261 e. The molecule has 0 fully saturated rings. The molecule has 0 spiro atoms. The van der Waals surface area contributed by atoms with Gasteiger partial charge in [-0.05, 0) is 48.4 Å². The number of nitrogens with zero attached hydrogens (tertiary/aromatic N) is 1. The van der Waals surface area contributed by atoms with Crippen LogP contribution in [0.4, 0.5) is 0 Å². The summed E-state index contributed by atoms with van der Waals surface area (Å²) >= 11 is 18.8. The number of ether oxygens (including phenoxy) is 1. The first-order valence-electron chi connectivity index (χ1n) is 11.8. The SMILES string of the molecule is CCCCNC(=O)[C@H](Cc1ccccc1)N(Cc1c(Cl)cccc1Cl)C(=O)COc1ccc(Cl)cc1. The Hall–Kier alpha value is -2.73. The van der Waals surface area contributed by atoms with E-state index in [1.54, 1.807) is 42.5 Å². The van der Waals surface area contributed by atoms with Crippen molar-refractivity contribution in [2.24, 2.45) is 0 Å². The second-order valence-electron chi connectivity index (χ2n) is 8.31. The van der Waals surface area contributed by atoms with Gasteiger partial charge in [0.15, 0.2) is 6.61 Å². The Bertz CT molecular complexity index is 1120. The highest BCUT2D eigenvalue weighted by molar-refractivity contribution is 6.36. The van der Waals surface area contributed by atoms with E-state index >= 15 is 0 Å². The third kappa shape index (κ3) is 8.16. The zero-order chi connectivity index (χ0) is 25.9. The average Bonchev–Trinajstić information content (AvgIpc) is 2.88. The van der Waals surface area contributed by atoms with Gasteiger partial charge in [0, 0.05) is 40.1 Å². The molecule has 3 aromatic carbocycles. The van der Waals surface area contributed by atoms with Crippen molar-refractivity contribution in [2.45, 2.75) is 38.8 Å². The van der Waals surface area contributed by atoms with E-state index < -0.39 is 6.04 Å². The predicted molar refractivity (Wildman–Crippen MR) is 146 cm³/mol. The topological polar surface area (TPSA) is 58.6 Å². The quantitative estimate of drug-likeness (QED) is 0.261. The monoisotopic (exact) mass is 546 g/mol. The number of unbranched alkanes of at least 4 members (excludes halogenated alkanes) is 1. The Balaban J connectivity index is 1.92. The first-order valence-corrected chi connectivity index (χ1v) is 12.9. The Morgan fingerprint density at radius 1 is 0.917 bits per heavy atom. The summed E-state index contributed by atoms with van der Waals surface area (Å²) in [5.41, 5.74) is 1.50. The predicted octanol–water partition coefficient (Wildman–Crippen LogP) is 6.58. The molecule has 3 rings (SSSR count). The number of benzene rings is 3. The second kappa shape index (κ2) is 14.1. The summed E-state index contributed by atoms with van der Waals surface area (Å²) < 4.78 is 5.73. The van der Waals surface area contributed by atoms with Crippen molar-refractivity contribution in [3.8, 4) is 5.75 Å². The first kappa shape index (κ1) is 27.9. The summed E-state index contributed by atoms with van der Waals surface area (Å²) in [6.07, 6.45) is 2.11. The van der Waals surface area contributed by atoms with Crippen LogP contribution in [0.3, 0.4) is 0 Å². The number of carbonyl (C=O) groups excluding carboxylic acids is 2. The lowest BCUT2D eigenvalue weighted by Crippen LogP contribution is -2.52. The molecule has 0 aromatic heterocycles. The van der Waals surface area contributed by atoms with Crippen LogP contribution >= 0.6 is 34.8 Å². The molecule has 0 saturated carbocycles. The fraction of sp³-hybridized carbons (Fsp3) is 0.286. The minimum atomic E-state index is -0.794. The largest absolute Gasteiger partial charge is 0.484 e. The van der Waals surface area contributed by atoms with Gasteiger partial charge >= 0.3 is 0 Å². The second-order valence-corrected chi connectivity index (χ2v) is 9.57. The van der Waals surface area contributed by atoms with Gasteiger partial charge in [-0.3, -0.25) is 9.59 Å². The molecule has 5 nitrogen and oxygen atoms in total. The van der Waals surface area contributed by atoms with Gasteiger partial charge in [-0.1, -0.05) is 84.5 Å². The van der Waals surface area contributed by atoms with E-state index in [2.05, 4.69) is 12.2 Å². The lowest BCUT2D eigenvalue weighted by atomic mass is 10.0. The fourth-order valence-electron chi connectivity index (χ4n) is 3.67. The summed E-state index contributed by atoms with van der Waals surface area (Å²) in [7, 11) is 0. The molecule has 0 heterocycles. The number of hydrogen-bond donors (Lipinski definition) is 1. The highest BCUT2D eigenvalue weighted by Gasteiger charge is 2.31. The zero-order valence-electron chi connectivity index (χ0n) is 20.1. The van der Waals surface area contributed by atoms with Crippen molar-refractivity contribution in [1.82, 2.24) is 10.2 Å². The van der Waals surface area contributed by atoms with Gasteiger partial charge in [-0.15, -0.1) is 0 Å².